The van der Waals surface area contributed by atoms with Crippen molar-refractivity contribution in [2.75, 3.05) is 0 Å². The third kappa shape index (κ3) is 2.53. The Balaban J connectivity index is 1.98. The van der Waals surface area contributed by atoms with Crippen molar-refractivity contribution in [3.05, 3.63) is 70.8 Å². The van der Waals surface area contributed by atoms with Crippen LogP contribution in [0.5, 0.6) is 0 Å². The second-order valence-electron chi connectivity index (χ2n) is 4.25. The van der Waals surface area contributed by atoms with Gasteiger partial charge in [-0.15, -0.1) is 0 Å². The van der Waals surface area contributed by atoms with Crippen LogP contribution in [-0.4, -0.2) is 9.97 Å². The third-order valence-electron chi connectivity index (χ3n) is 2.89. The molecule has 0 bridgehead atoms. The van der Waals surface area contributed by atoms with Crippen molar-refractivity contribution in [2.45, 2.75) is 0 Å². The summed E-state index contributed by atoms with van der Waals surface area (Å²) in [5.41, 5.74) is 2.63. The summed E-state index contributed by atoms with van der Waals surface area (Å²) < 4.78 is 13.6. The Morgan fingerprint density at radius 1 is 0.950 bits per heavy atom. The fourth-order valence-electron chi connectivity index (χ4n) is 1.89. The van der Waals surface area contributed by atoms with Crippen LogP contribution in [0.15, 0.2) is 48.7 Å². The quantitative estimate of drug-likeness (QED) is 0.688. The van der Waals surface area contributed by atoms with Crippen LogP contribution in [0.1, 0.15) is 11.3 Å². The molecule has 0 aliphatic rings. The van der Waals surface area contributed by atoms with E-state index in [9.17, 15) is 4.39 Å². The number of nitrogens with zero attached hydrogens (tertiary/aromatic N) is 2. The standard InChI is InChI=1S/C16H10ClFN2/c17-13-4-3-5-14(18)12(13)9-8-11-10-19-15-6-1-2-7-16(15)20-11/h1-10H/b9-8+. The van der Waals surface area contributed by atoms with Gasteiger partial charge < -0.3 is 0 Å². The number of hydrogen-bond donors (Lipinski definition) is 0. The Hall–Kier alpha value is -2.26. The lowest BCUT2D eigenvalue weighted by Crippen LogP contribution is -1.87. The summed E-state index contributed by atoms with van der Waals surface area (Å²) >= 11 is 5.96. The Kier molecular flexibility index (Phi) is 3.44. The van der Waals surface area contributed by atoms with Gasteiger partial charge in [0.05, 0.1) is 27.9 Å². The van der Waals surface area contributed by atoms with Gasteiger partial charge in [-0.05, 0) is 36.4 Å². The highest BCUT2D eigenvalue weighted by atomic mass is 35.5. The predicted octanol–water partition coefficient (Wildman–Crippen LogP) is 4.59. The van der Waals surface area contributed by atoms with Crippen LogP contribution in [0.2, 0.25) is 5.02 Å². The van der Waals surface area contributed by atoms with E-state index in [2.05, 4.69) is 9.97 Å². The molecule has 0 fully saturated rings. The number of rotatable bonds is 2. The molecule has 3 aromatic rings. The molecule has 1 heterocycles. The second-order valence-corrected chi connectivity index (χ2v) is 4.66. The van der Waals surface area contributed by atoms with Gasteiger partial charge in [0.25, 0.3) is 0 Å². The lowest BCUT2D eigenvalue weighted by atomic mass is 10.2. The topological polar surface area (TPSA) is 25.8 Å². The molecule has 4 heteroatoms. The van der Waals surface area contributed by atoms with Gasteiger partial charge in [0.1, 0.15) is 5.82 Å². The molecule has 0 aliphatic carbocycles. The molecule has 20 heavy (non-hydrogen) atoms. The zero-order chi connectivity index (χ0) is 13.9. The predicted molar refractivity (Wildman–Crippen MR) is 79.9 cm³/mol. The number of aromatic nitrogens is 2. The highest BCUT2D eigenvalue weighted by molar-refractivity contribution is 6.32. The first-order valence-electron chi connectivity index (χ1n) is 6.08. The normalized spacial score (nSPS) is 11.3. The molecule has 0 spiro atoms. The first kappa shape index (κ1) is 12.8. The number of hydrogen-bond acceptors (Lipinski definition) is 2. The van der Waals surface area contributed by atoms with E-state index < -0.39 is 0 Å². The van der Waals surface area contributed by atoms with Crippen LogP contribution in [-0.2, 0) is 0 Å². The maximum Gasteiger partial charge on any atom is 0.131 e. The van der Waals surface area contributed by atoms with Gasteiger partial charge in [-0.2, -0.15) is 0 Å². The average molecular weight is 285 g/mol. The van der Waals surface area contributed by atoms with Gasteiger partial charge in [0, 0.05) is 5.56 Å². The smallest absolute Gasteiger partial charge is 0.131 e. The monoisotopic (exact) mass is 284 g/mol. The number of para-hydroxylation sites is 2. The molecule has 2 aromatic carbocycles. The highest BCUT2D eigenvalue weighted by Gasteiger charge is 2.03. The molecule has 0 amide bonds. The summed E-state index contributed by atoms with van der Waals surface area (Å²) in [6.45, 7) is 0. The van der Waals surface area contributed by atoms with E-state index in [0.717, 1.165) is 11.0 Å². The summed E-state index contributed by atoms with van der Waals surface area (Å²) in [5.74, 6) is -0.359. The van der Waals surface area contributed by atoms with E-state index in [0.29, 0.717) is 16.3 Å². The number of benzene rings is 2. The Bertz CT molecular complexity index is 779. The van der Waals surface area contributed by atoms with Gasteiger partial charge in [-0.3, -0.25) is 4.98 Å². The van der Waals surface area contributed by atoms with Gasteiger partial charge in [0.15, 0.2) is 0 Å². The molecule has 0 atom stereocenters. The lowest BCUT2D eigenvalue weighted by Gasteiger charge is -2.00. The molecule has 2 nitrogen and oxygen atoms in total. The molecule has 0 aliphatic heterocycles. The molecule has 0 N–H and O–H groups in total. The molecule has 1 aromatic heterocycles. The molecule has 3 rings (SSSR count). The minimum absolute atomic E-state index is 0.351. The van der Waals surface area contributed by atoms with E-state index in [1.54, 1.807) is 30.5 Å². The van der Waals surface area contributed by atoms with Gasteiger partial charge in [0.2, 0.25) is 0 Å². The third-order valence-corrected chi connectivity index (χ3v) is 3.22. The fourth-order valence-corrected chi connectivity index (χ4v) is 2.12. The van der Waals surface area contributed by atoms with Crippen LogP contribution < -0.4 is 0 Å². The van der Waals surface area contributed by atoms with Crippen molar-refractivity contribution in [2.24, 2.45) is 0 Å². The molecular formula is C16H10ClFN2. The zero-order valence-corrected chi connectivity index (χ0v) is 11.2. The Labute approximate surface area is 120 Å². The molecule has 0 unspecified atom stereocenters. The van der Waals surface area contributed by atoms with Gasteiger partial charge in [-0.25, -0.2) is 9.37 Å². The first-order valence-corrected chi connectivity index (χ1v) is 6.46. The maximum atomic E-state index is 13.6. The van der Waals surface area contributed by atoms with E-state index in [1.807, 2.05) is 24.3 Å². The van der Waals surface area contributed by atoms with Crippen LogP contribution in [0.3, 0.4) is 0 Å². The van der Waals surface area contributed by atoms with Crippen molar-refractivity contribution in [3.8, 4) is 0 Å². The Morgan fingerprint density at radius 3 is 2.55 bits per heavy atom. The maximum absolute atomic E-state index is 13.6. The van der Waals surface area contributed by atoms with Gasteiger partial charge >= 0.3 is 0 Å². The van der Waals surface area contributed by atoms with Crippen LogP contribution in [0.25, 0.3) is 23.2 Å². The first-order chi connectivity index (χ1) is 9.74. The van der Waals surface area contributed by atoms with E-state index in [-0.39, 0.29) is 5.82 Å². The summed E-state index contributed by atoms with van der Waals surface area (Å²) in [6.07, 6.45) is 4.95. The van der Waals surface area contributed by atoms with Crippen molar-refractivity contribution in [1.82, 2.24) is 9.97 Å². The minimum Gasteiger partial charge on any atom is -0.252 e. The van der Waals surface area contributed by atoms with Crippen LogP contribution in [0.4, 0.5) is 4.39 Å². The lowest BCUT2D eigenvalue weighted by molar-refractivity contribution is 0.625. The van der Waals surface area contributed by atoms with Gasteiger partial charge in [-0.1, -0.05) is 29.8 Å². The van der Waals surface area contributed by atoms with Crippen LogP contribution in [0, 0.1) is 5.82 Å². The SMILES string of the molecule is Fc1cccc(Cl)c1/C=C/c1cnc2ccccc2n1. The van der Waals surface area contributed by atoms with Crippen molar-refractivity contribution in [1.29, 1.82) is 0 Å². The summed E-state index contributed by atoms with van der Waals surface area (Å²) in [7, 11) is 0. The summed E-state index contributed by atoms with van der Waals surface area (Å²) in [4.78, 5) is 8.73. The van der Waals surface area contributed by atoms with E-state index in [1.165, 1.54) is 6.07 Å². The molecule has 98 valence electrons. The minimum atomic E-state index is -0.359. The molecule has 0 radical (unpaired) electrons. The largest absolute Gasteiger partial charge is 0.252 e. The van der Waals surface area contributed by atoms with Crippen molar-refractivity contribution >= 4 is 34.8 Å². The second kappa shape index (κ2) is 5.39. The molecular weight excluding hydrogens is 275 g/mol. The van der Waals surface area contributed by atoms with E-state index >= 15 is 0 Å². The summed E-state index contributed by atoms with van der Waals surface area (Å²) in [6, 6.07) is 12.2. The van der Waals surface area contributed by atoms with E-state index in [4.69, 9.17) is 11.6 Å². The van der Waals surface area contributed by atoms with Crippen molar-refractivity contribution < 1.29 is 4.39 Å². The highest BCUT2D eigenvalue weighted by Crippen LogP contribution is 2.21. The number of halogens is 2. The molecule has 0 saturated carbocycles. The zero-order valence-electron chi connectivity index (χ0n) is 10.4. The Morgan fingerprint density at radius 2 is 1.75 bits per heavy atom. The molecule has 0 saturated heterocycles. The average Bonchev–Trinajstić information content (AvgIpc) is 2.46. The number of fused-ring (bicyclic) bond motifs is 1. The fraction of sp³-hybridized carbons (Fsp3) is 0. The van der Waals surface area contributed by atoms with Crippen molar-refractivity contribution in [3.63, 3.8) is 0 Å². The van der Waals surface area contributed by atoms with Crippen LogP contribution >= 0.6 is 11.6 Å². The summed E-state index contributed by atoms with van der Waals surface area (Å²) in [5, 5.41) is 0.370.